The molecule has 0 aromatic carbocycles. The van der Waals surface area contributed by atoms with Crippen molar-refractivity contribution in [3.63, 3.8) is 0 Å². The average Bonchev–Trinajstić information content (AvgIpc) is 3.02. The van der Waals surface area contributed by atoms with Gasteiger partial charge in [-0.1, -0.05) is 12.8 Å². The number of rotatable bonds is 4. The molecule has 2 fully saturated rings. The van der Waals surface area contributed by atoms with Gasteiger partial charge in [0, 0.05) is 6.54 Å². The number of carboxylic acid groups (broad SMARTS) is 1. The van der Waals surface area contributed by atoms with Crippen molar-refractivity contribution in [1.29, 1.82) is 0 Å². The summed E-state index contributed by atoms with van der Waals surface area (Å²) in [4.78, 5) is 13.5. The first-order valence-electron chi connectivity index (χ1n) is 6.22. The van der Waals surface area contributed by atoms with Crippen molar-refractivity contribution in [2.45, 2.75) is 38.5 Å². The van der Waals surface area contributed by atoms with E-state index in [-0.39, 0.29) is 5.92 Å². The van der Waals surface area contributed by atoms with Crippen LogP contribution in [0.25, 0.3) is 0 Å². The Morgan fingerprint density at radius 2 is 1.80 bits per heavy atom. The predicted molar refractivity (Wildman–Crippen MR) is 58.8 cm³/mol. The van der Waals surface area contributed by atoms with Crippen LogP contribution in [0.2, 0.25) is 0 Å². The van der Waals surface area contributed by atoms with E-state index in [9.17, 15) is 4.79 Å². The summed E-state index contributed by atoms with van der Waals surface area (Å²) in [5, 5.41) is 9.16. The Morgan fingerprint density at radius 3 is 2.27 bits per heavy atom. The number of nitrogens with zero attached hydrogens (tertiary/aromatic N) is 1. The molecule has 1 unspecified atom stereocenters. The van der Waals surface area contributed by atoms with E-state index in [0.717, 1.165) is 32.5 Å². The van der Waals surface area contributed by atoms with Crippen LogP contribution in [-0.2, 0) is 4.79 Å². The van der Waals surface area contributed by atoms with E-state index in [0.29, 0.717) is 5.92 Å². The summed E-state index contributed by atoms with van der Waals surface area (Å²) in [6.45, 7) is 3.01. The molecule has 0 radical (unpaired) electrons. The molecule has 1 aliphatic heterocycles. The Labute approximate surface area is 91.5 Å². The Balaban J connectivity index is 1.84. The third-order valence-electron chi connectivity index (χ3n) is 3.66. The van der Waals surface area contributed by atoms with Gasteiger partial charge in [0.2, 0.25) is 0 Å². The summed E-state index contributed by atoms with van der Waals surface area (Å²) >= 11 is 0. The van der Waals surface area contributed by atoms with Gasteiger partial charge in [0.15, 0.2) is 0 Å². The SMILES string of the molecule is O=C(O)C(CN1CCCCCC1)C1CC1. The second-order valence-corrected chi connectivity index (χ2v) is 5.00. The van der Waals surface area contributed by atoms with Crippen LogP contribution < -0.4 is 0 Å². The molecule has 1 aliphatic carbocycles. The number of aliphatic carboxylic acids is 1. The van der Waals surface area contributed by atoms with E-state index >= 15 is 0 Å². The fraction of sp³-hybridized carbons (Fsp3) is 0.917. The normalized spacial score (nSPS) is 25.9. The molecule has 1 atom stereocenters. The minimum Gasteiger partial charge on any atom is -0.481 e. The van der Waals surface area contributed by atoms with Gasteiger partial charge in [0.05, 0.1) is 5.92 Å². The summed E-state index contributed by atoms with van der Waals surface area (Å²) in [6, 6.07) is 0. The summed E-state index contributed by atoms with van der Waals surface area (Å²) in [6.07, 6.45) is 7.39. The summed E-state index contributed by atoms with van der Waals surface area (Å²) in [7, 11) is 0. The van der Waals surface area contributed by atoms with Crippen LogP contribution in [0.4, 0.5) is 0 Å². The molecule has 1 N–H and O–H groups in total. The molecule has 3 heteroatoms. The van der Waals surface area contributed by atoms with Gasteiger partial charge < -0.3 is 10.0 Å². The fourth-order valence-corrected chi connectivity index (χ4v) is 2.52. The lowest BCUT2D eigenvalue weighted by Crippen LogP contribution is -2.35. The van der Waals surface area contributed by atoms with Gasteiger partial charge in [-0.15, -0.1) is 0 Å². The van der Waals surface area contributed by atoms with E-state index in [2.05, 4.69) is 4.90 Å². The zero-order valence-corrected chi connectivity index (χ0v) is 9.32. The lowest BCUT2D eigenvalue weighted by molar-refractivity contribution is -0.143. The van der Waals surface area contributed by atoms with Crippen molar-refractivity contribution < 1.29 is 9.90 Å². The van der Waals surface area contributed by atoms with Crippen LogP contribution in [0, 0.1) is 11.8 Å². The Morgan fingerprint density at radius 1 is 1.20 bits per heavy atom. The van der Waals surface area contributed by atoms with E-state index < -0.39 is 5.97 Å². The third kappa shape index (κ3) is 3.20. The largest absolute Gasteiger partial charge is 0.481 e. The molecule has 0 aromatic rings. The monoisotopic (exact) mass is 211 g/mol. The molecule has 1 saturated carbocycles. The lowest BCUT2D eigenvalue weighted by Gasteiger charge is -2.23. The maximum Gasteiger partial charge on any atom is 0.308 e. The first kappa shape index (κ1) is 10.9. The molecule has 0 bridgehead atoms. The highest BCUT2D eigenvalue weighted by Crippen LogP contribution is 2.37. The topological polar surface area (TPSA) is 40.5 Å². The molecular formula is C12H21NO2. The van der Waals surface area contributed by atoms with Crippen molar-refractivity contribution in [3.05, 3.63) is 0 Å². The number of hydrogen-bond acceptors (Lipinski definition) is 2. The molecule has 2 aliphatic rings. The van der Waals surface area contributed by atoms with Crippen molar-refractivity contribution in [2.24, 2.45) is 11.8 Å². The van der Waals surface area contributed by atoms with Gasteiger partial charge in [-0.05, 0) is 44.7 Å². The van der Waals surface area contributed by atoms with E-state index in [4.69, 9.17) is 5.11 Å². The van der Waals surface area contributed by atoms with Gasteiger partial charge >= 0.3 is 5.97 Å². The molecule has 1 heterocycles. The second-order valence-electron chi connectivity index (χ2n) is 5.00. The van der Waals surface area contributed by atoms with Gasteiger partial charge in [-0.25, -0.2) is 0 Å². The minimum absolute atomic E-state index is 0.0944. The number of likely N-dealkylation sites (tertiary alicyclic amines) is 1. The zero-order chi connectivity index (χ0) is 10.7. The Kier molecular flexibility index (Phi) is 3.62. The minimum atomic E-state index is -0.582. The smallest absolute Gasteiger partial charge is 0.308 e. The molecule has 0 aromatic heterocycles. The van der Waals surface area contributed by atoms with Gasteiger partial charge in [-0.2, -0.15) is 0 Å². The van der Waals surface area contributed by atoms with Gasteiger partial charge in [0.1, 0.15) is 0 Å². The van der Waals surface area contributed by atoms with Crippen LogP contribution in [0.15, 0.2) is 0 Å². The van der Waals surface area contributed by atoms with Crippen LogP contribution in [0.5, 0.6) is 0 Å². The van der Waals surface area contributed by atoms with E-state index in [1.54, 1.807) is 0 Å². The molecule has 3 nitrogen and oxygen atoms in total. The molecule has 1 saturated heterocycles. The standard InChI is InChI=1S/C12H21NO2/c14-12(15)11(10-5-6-10)9-13-7-3-1-2-4-8-13/h10-11H,1-9H2,(H,14,15). The predicted octanol–water partition coefficient (Wildman–Crippen LogP) is 1.97. The summed E-state index contributed by atoms with van der Waals surface area (Å²) in [5.74, 6) is -0.199. The zero-order valence-electron chi connectivity index (χ0n) is 9.32. The number of hydrogen-bond donors (Lipinski definition) is 1. The van der Waals surface area contributed by atoms with E-state index in [1.165, 1.54) is 25.7 Å². The quantitative estimate of drug-likeness (QED) is 0.773. The van der Waals surface area contributed by atoms with Gasteiger partial charge in [0.25, 0.3) is 0 Å². The van der Waals surface area contributed by atoms with Crippen LogP contribution >= 0.6 is 0 Å². The lowest BCUT2D eigenvalue weighted by atomic mass is 10.0. The molecule has 0 spiro atoms. The van der Waals surface area contributed by atoms with Crippen molar-refractivity contribution >= 4 is 5.97 Å². The highest BCUT2D eigenvalue weighted by molar-refractivity contribution is 5.71. The molecule has 2 rings (SSSR count). The molecule has 15 heavy (non-hydrogen) atoms. The third-order valence-corrected chi connectivity index (χ3v) is 3.66. The van der Waals surface area contributed by atoms with Crippen molar-refractivity contribution in [1.82, 2.24) is 4.90 Å². The Hall–Kier alpha value is -0.570. The highest BCUT2D eigenvalue weighted by atomic mass is 16.4. The maximum absolute atomic E-state index is 11.1. The molecule has 0 amide bonds. The summed E-state index contributed by atoms with van der Waals surface area (Å²) < 4.78 is 0. The first-order valence-corrected chi connectivity index (χ1v) is 6.22. The van der Waals surface area contributed by atoms with Crippen molar-refractivity contribution in [2.75, 3.05) is 19.6 Å². The molecule has 86 valence electrons. The van der Waals surface area contributed by atoms with E-state index in [1.807, 2.05) is 0 Å². The Bertz CT molecular complexity index is 218. The van der Waals surface area contributed by atoms with Crippen molar-refractivity contribution in [3.8, 4) is 0 Å². The highest BCUT2D eigenvalue weighted by Gasteiger charge is 2.37. The van der Waals surface area contributed by atoms with Crippen LogP contribution in [0.3, 0.4) is 0 Å². The second kappa shape index (κ2) is 4.97. The number of carboxylic acids is 1. The molecular weight excluding hydrogens is 190 g/mol. The number of carbonyl (C=O) groups is 1. The summed E-state index contributed by atoms with van der Waals surface area (Å²) in [5.41, 5.74) is 0. The maximum atomic E-state index is 11.1. The fourth-order valence-electron chi connectivity index (χ4n) is 2.52. The average molecular weight is 211 g/mol. The van der Waals surface area contributed by atoms with Crippen LogP contribution in [0.1, 0.15) is 38.5 Å². The van der Waals surface area contributed by atoms with Crippen LogP contribution in [-0.4, -0.2) is 35.6 Å². The first-order chi connectivity index (χ1) is 7.27. The van der Waals surface area contributed by atoms with Gasteiger partial charge in [-0.3, -0.25) is 4.79 Å².